The maximum atomic E-state index is 13.0. The molecule has 0 aromatic heterocycles. The minimum Gasteiger partial charge on any atom is -0.321 e. The van der Waals surface area contributed by atoms with Crippen molar-refractivity contribution in [2.24, 2.45) is 0 Å². The molecule has 0 aliphatic rings. The van der Waals surface area contributed by atoms with Crippen LogP contribution in [0.1, 0.15) is 10.4 Å². The van der Waals surface area contributed by atoms with Gasteiger partial charge in [0.15, 0.2) is 0 Å². The number of hydrogen-bond donors (Lipinski definition) is 2. The monoisotopic (exact) mass is 416 g/mol. The van der Waals surface area contributed by atoms with Crippen molar-refractivity contribution in [2.75, 3.05) is 16.3 Å². The molecule has 3 aromatic carbocycles. The van der Waals surface area contributed by atoms with Crippen LogP contribution in [0.15, 0.2) is 82.6 Å². The zero-order valence-corrected chi connectivity index (χ0v) is 16.5. The molecular weight excluding hydrogens is 399 g/mol. The van der Waals surface area contributed by atoms with Gasteiger partial charge in [0.1, 0.15) is 5.82 Å². The maximum absolute atomic E-state index is 13.0. The van der Waals surface area contributed by atoms with Crippen molar-refractivity contribution in [3.05, 3.63) is 84.2 Å². The molecule has 144 valence electrons. The fraction of sp³-hybridized carbons (Fsp3) is 0.0500. The van der Waals surface area contributed by atoms with E-state index in [1.165, 1.54) is 48.2 Å². The van der Waals surface area contributed by atoms with Crippen molar-refractivity contribution in [1.29, 1.82) is 0 Å². The zero-order chi connectivity index (χ0) is 20.1. The van der Waals surface area contributed by atoms with Crippen molar-refractivity contribution in [1.82, 2.24) is 0 Å². The van der Waals surface area contributed by atoms with Crippen molar-refractivity contribution in [3.63, 3.8) is 0 Å². The number of thioether (sulfide) groups is 1. The molecule has 0 aliphatic heterocycles. The molecule has 1 amide bonds. The van der Waals surface area contributed by atoms with Gasteiger partial charge >= 0.3 is 0 Å². The summed E-state index contributed by atoms with van der Waals surface area (Å²) in [5.41, 5.74) is 1.40. The molecule has 0 aliphatic carbocycles. The van der Waals surface area contributed by atoms with E-state index in [0.29, 0.717) is 16.9 Å². The van der Waals surface area contributed by atoms with Gasteiger partial charge in [-0.2, -0.15) is 0 Å². The summed E-state index contributed by atoms with van der Waals surface area (Å²) >= 11 is 1.53. The van der Waals surface area contributed by atoms with Crippen LogP contribution in [0.5, 0.6) is 0 Å². The molecule has 3 aromatic rings. The van der Waals surface area contributed by atoms with Crippen LogP contribution in [-0.2, 0) is 10.0 Å². The zero-order valence-electron chi connectivity index (χ0n) is 14.8. The third-order valence-electron chi connectivity index (χ3n) is 3.88. The Hall–Kier alpha value is -2.84. The third kappa shape index (κ3) is 4.71. The number of carbonyl (C=O) groups is 1. The molecule has 5 nitrogen and oxygen atoms in total. The summed E-state index contributed by atoms with van der Waals surface area (Å²) in [7, 11) is -3.84. The number of amides is 1. The molecule has 3 rings (SSSR count). The second-order valence-corrected chi connectivity index (χ2v) is 8.32. The number of hydrogen-bond acceptors (Lipinski definition) is 4. The van der Waals surface area contributed by atoms with Crippen LogP contribution in [-0.4, -0.2) is 20.6 Å². The Morgan fingerprint density at radius 1 is 0.929 bits per heavy atom. The SMILES string of the molecule is CSc1ccccc1NC(=O)c1ccc(NS(=O)(=O)c2ccc(F)cc2)cc1. The predicted octanol–water partition coefficient (Wildman–Crippen LogP) is 4.60. The molecule has 0 bridgehead atoms. The lowest BCUT2D eigenvalue weighted by Gasteiger charge is -2.11. The lowest BCUT2D eigenvalue weighted by molar-refractivity contribution is 0.102. The van der Waals surface area contributed by atoms with Gasteiger partial charge in [0.25, 0.3) is 15.9 Å². The van der Waals surface area contributed by atoms with Gasteiger partial charge in [0, 0.05) is 16.1 Å². The molecule has 0 saturated carbocycles. The number of anilines is 2. The first kappa shape index (κ1) is 19.9. The minimum absolute atomic E-state index is 0.0515. The summed E-state index contributed by atoms with van der Waals surface area (Å²) in [6, 6.07) is 18.0. The van der Waals surface area contributed by atoms with Gasteiger partial charge in [-0.15, -0.1) is 11.8 Å². The Balaban J connectivity index is 1.72. The number of nitrogens with one attached hydrogen (secondary N) is 2. The molecule has 0 atom stereocenters. The van der Waals surface area contributed by atoms with Crippen molar-refractivity contribution >= 4 is 39.1 Å². The molecular formula is C20H17FN2O3S2. The molecule has 2 N–H and O–H groups in total. The lowest BCUT2D eigenvalue weighted by Crippen LogP contribution is -2.14. The van der Waals surface area contributed by atoms with E-state index < -0.39 is 15.8 Å². The van der Waals surface area contributed by atoms with Gasteiger partial charge in [-0.3, -0.25) is 9.52 Å². The van der Waals surface area contributed by atoms with Crippen LogP contribution < -0.4 is 10.0 Å². The molecule has 8 heteroatoms. The average molecular weight is 416 g/mol. The lowest BCUT2D eigenvalue weighted by atomic mass is 10.2. The number of benzene rings is 3. The van der Waals surface area contributed by atoms with Gasteiger partial charge < -0.3 is 5.32 Å². The van der Waals surface area contributed by atoms with Crippen LogP contribution in [0.25, 0.3) is 0 Å². The Morgan fingerprint density at radius 3 is 2.21 bits per heavy atom. The first-order chi connectivity index (χ1) is 13.4. The van der Waals surface area contributed by atoms with Gasteiger partial charge in [-0.05, 0) is 66.9 Å². The Bertz CT molecular complexity index is 1080. The second-order valence-electron chi connectivity index (χ2n) is 5.79. The minimum atomic E-state index is -3.84. The first-order valence-corrected chi connectivity index (χ1v) is 10.9. The Labute approximate surface area is 167 Å². The summed E-state index contributed by atoms with van der Waals surface area (Å²) < 4.78 is 40.0. The van der Waals surface area contributed by atoms with Gasteiger partial charge in [0.05, 0.1) is 10.6 Å². The predicted molar refractivity (Wildman–Crippen MR) is 110 cm³/mol. The highest BCUT2D eigenvalue weighted by Gasteiger charge is 2.15. The Morgan fingerprint density at radius 2 is 1.57 bits per heavy atom. The third-order valence-corrected chi connectivity index (χ3v) is 6.07. The normalized spacial score (nSPS) is 11.1. The van der Waals surface area contributed by atoms with Gasteiger partial charge in [0.2, 0.25) is 0 Å². The fourth-order valence-electron chi connectivity index (χ4n) is 2.46. The highest BCUT2D eigenvalue weighted by atomic mass is 32.2. The van der Waals surface area contributed by atoms with Crippen LogP contribution >= 0.6 is 11.8 Å². The van der Waals surface area contributed by atoms with Gasteiger partial charge in [-0.25, -0.2) is 12.8 Å². The van der Waals surface area contributed by atoms with E-state index in [-0.39, 0.29) is 10.8 Å². The van der Waals surface area contributed by atoms with E-state index in [9.17, 15) is 17.6 Å². The molecule has 0 heterocycles. The smallest absolute Gasteiger partial charge is 0.261 e. The largest absolute Gasteiger partial charge is 0.321 e. The summed E-state index contributed by atoms with van der Waals surface area (Å²) in [4.78, 5) is 13.3. The maximum Gasteiger partial charge on any atom is 0.261 e. The van der Waals surface area contributed by atoms with Crippen LogP contribution in [0, 0.1) is 5.82 Å². The number of halogens is 1. The number of carbonyl (C=O) groups excluding carboxylic acids is 1. The number of para-hydroxylation sites is 1. The highest BCUT2D eigenvalue weighted by molar-refractivity contribution is 7.98. The van der Waals surface area contributed by atoms with E-state index >= 15 is 0 Å². The van der Waals surface area contributed by atoms with E-state index in [1.54, 1.807) is 0 Å². The first-order valence-electron chi connectivity index (χ1n) is 8.22. The van der Waals surface area contributed by atoms with E-state index in [1.807, 2.05) is 30.5 Å². The standard InChI is InChI=1S/C20H17FN2O3S2/c1-27-19-5-3-2-4-18(19)22-20(24)14-6-10-16(11-7-14)23-28(25,26)17-12-8-15(21)9-13-17/h2-13,23H,1H3,(H,22,24). The average Bonchev–Trinajstić information content (AvgIpc) is 2.69. The molecule has 28 heavy (non-hydrogen) atoms. The van der Waals surface area contributed by atoms with Crippen LogP contribution in [0.2, 0.25) is 0 Å². The summed E-state index contributed by atoms with van der Waals surface area (Å²) in [6.45, 7) is 0. The quantitative estimate of drug-likeness (QED) is 0.576. The van der Waals surface area contributed by atoms with Crippen molar-refractivity contribution in [3.8, 4) is 0 Å². The molecule has 0 spiro atoms. The van der Waals surface area contributed by atoms with Crippen molar-refractivity contribution < 1.29 is 17.6 Å². The van der Waals surface area contributed by atoms with Crippen LogP contribution in [0.4, 0.5) is 15.8 Å². The summed E-state index contributed by atoms with van der Waals surface area (Å²) in [6.07, 6.45) is 1.92. The van der Waals surface area contributed by atoms with E-state index in [2.05, 4.69) is 10.0 Å². The van der Waals surface area contributed by atoms with Gasteiger partial charge in [-0.1, -0.05) is 12.1 Å². The summed E-state index contributed by atoms with van der Waals surface area (Å²) in [5.74, 6) is -0.813. The molecule has 0 saturated heterocycles. The second kappa shape index (κ2) is 8.45. The van der Waals surface area contributed by atoms with E-state index in [4.69, 9.17) is 0 Å². The molecule has 0 fully saturated rings. The summed E-state index contributed by atoms with van der Waals surface area (Å²) in [5, 5.41) is 2.84. The highest BCUT2D eigenvalue weighted by Crippen LogP contribution is 2.25. The van der Waals surface area contributed by atoms with Crippen molar-refractivity contribution in [2.45, 2.75) is 9.79 Å². The number of sulfonamides is 1. The van der Waals surface area contributed by atoms with E-state index in [0.717, 1.165) is 17.0 Å². The topological polar surface area (TPSA) is 75.3 Å². The molecule has 0 unspecified atom stereocenters. The van der Waals surface area contributed by atoms with Crippen LogP contribution in [0.3, 0.4) is 0 Å². The molecule has 0 radical (unpaired) electrons. The number of rotatable bonds is 6. The fourth-order valence-corrected chi connectivity index (χ4v) is 4.07. The Kier molecular flexibility index (Phi) is 6.01.